The number of phenolic OH excluding ortho intramolecular Hbond substituents is 1. The smallest absolute Gasteiger partial charge is 0.342 e. The van der Waals surface area contributed by atoms with Crippen molar-refractivity contribution >= 4 is 39.6 Å². The lowest BCUT2D eigenvalue weighted by molar-refractivity contribution is 0.0526. The van der Waals surface area contributed by atoms with Crippen LogP contribution in [0, 0.1) is 13.8 Å². The number of hydrogen-bond donors (Lipinski definition) is 1. The summed E-state index contributed by atoms with van der Waals surface area (Å²) in [6.45, 7) is 5.69. The van der Waals surface area contributed by atoms with Crippen LogP contribution in [0.2, 0.25) is 0 Å². The van der Waals surface area contributed by atoms with E-state index in [1.54, 1.807) is 20.1 Å². The Hall–Kier alpha value is -3.60. The highest BCUT2D eigenvalue weighted by Gasteiger charge is 2.25. The summed E-state index contributed by atoms with van der Waals surface area (Å²) in [5.74, 6) is 0.0144. The largest absolute Gasteiger partial charge is 0.507 e. The van der Waals surface area contributed by atoms with E-state index in [-0.39, 0.29) is 12.4 Å². The summed E-state index contributed by atoms with van der Waals surface area (Å²) in [7, 11) is 0. The molecule has 1 heterocycles. The van der Waals surface area contributed by atoms with Gasteiger partial charge in [-0.05, 0) is 32.4 Å². The number of carbonyl (C=O) groups is 1. The van der Waals surface area contributed by atoms with Crippen LogP contribution in [0.1, 0.15) is 34.2 Å². The molecule has 0 bridgehead atoms. The fourth-order valence-electron chi connectivity index (χ4n) is 3.56. The summed E-state index contributed by atoms with van der Waals surface area (Å²) in [5, 5.41) is 12.9. The minimum Gasteiger partial charge on any atom is -0.507 e. The second-order valence-electron chi connectivity index (χ2n) is 6.81. The number of hydrogen-bond acceptors (Lipinski definition) is 5. The van der Waals surface area contributed by atoms with Crippen molar-refractivity contribution in [3.05, 3.63) is 71.0 Å². The van der Waals surface area contributed by atoms with E-state index in [0.717, 1.165) is 16.6 Å². The highest BCUT2D eigenvalue weighted by Crippen LogP contribution is 2.41. The fourth-order valence-corrected chi connectivity index (χ4v) is 3.56. The number of carbonyl (C=O) groups excluding carboxylic acids is 1. The minimum absolute atomic E-state index is 0.0526. The van der Waals surface area contributed by atoms with Crippen LogP contribution in [-0.2, 0) is 4.74 Å². The van der Waals surface area contributed by atoms with Gasteiger partial charge in [0.1, 0.15) is 22.7 Å². The van der Waals surface area contributed by atoms with Gasteiger partial charge in [-0.15, -0.1) is 0 Å². The highest BCUT2D eigenvalue weighted by atomic mass is 16.5. The van der Waals surface area contributed by atoms with Gasteiger partial charge in [-0.1, -0.05) is 42.5 Å². The molecule has 0 saturated heterocycles. The molecule has 0 fully saturated rings. The Kier molecular flexibility index (Phi) is 4.80. The van der Waals surface area contributed by atoms with E-state index in [0.29, 0.717) is 33.2 Å². The Morgan fingerprint density at radius 3 is 2.52 bits per heavy atom. The summed E-state index contributed by atoms with van der Waals surface area (Å²) >= 11 is 0. The molecule has 0 unspecified atom stereocenters. The predicted molar refractivity (Wildman–Crippen MR) is 115 cm³/mol. The van der Waals surface area contributed by atoms with Crippen molar-refractivity contribution < 1.29 is 19.1 Å². The van der Waals surface area contributed by atoms with Crippen molar-refractivity contribution in [3.63, 3.8) is 0 Å². The molecule has 1 N–H and O–H groups in total. The zero-order chi connectivity index (χ0) is 20.5. The van der Waals surface area contributed by atoms with Gasteiger partial charge in [0.2, 0.25) is 0 Å². The normalized spacial score (nSPS) is 11.6. The van der Waals surface area contributed by atoms with E-state index in [2.05, 4.69) is 4.99 Å². The van der Waals surface area contributed by atoms with Crippen LogP contribution in [0.25, 0.3) is 21.7 Å². The maximum Gasteiger partial charge on any atom is 0.342 e. The Labute approximate surface area is 168 Å². The number of rotatable bonds is 4. The van der Waals surface area contributed by atoms with Gasteiger partial charge in [0.25, 0.3) is 0 Å². The van der Waals surface area contributed by atoms with Gasteiger partial charge in [-0.25, -0.2) is 4.79 Å². The number of para-hydroxylation sites is 1. The lowest BCUT2D eigenvalue weighted by Gasteiger charge is -2.08. The topological polar surface area (TPSA) is 72.0 Å². The number of benzene rings is 3. The van der Waals surface area contributed by atoms with Crippen molar-refractivity contribution in [2.24, 2.45) is 4.99 Å². The third kappa shape index (κ3) is 3.14. The van der Waals surface area contributed by atoms with Crippen molar-refractivity contribution in [2.45, 2.75) is 20.8 Å². The van der Waals surface area contributed by atoms with Crippen LogP contribution in [0.4, 0.5) is 5.69 Å². The van der Waals surface area contributed by atoms with E-state index in [1.807, 2.05) is 55.5 Å². The van der Waals surface area contributed by atoms with E-state index < -0.39 is 5.97 Å². The summed E-state index contributed by atoms with van der Waals surface area (Å²) in [6.07, 6.45) is 1.59. The lowest BCUT2D eigenvalue weighted by Crippen LogP contribution is -2.06. The number of aromatic hydroxyl groups is 1. The van der Waals surface area contributed by atoms with Crippen molar-refractivity contribution in [3.8, 4) is 5.75 Å². The third-order valence-electron chi connectivity index (χ3n) is 4.96. The molecule has 1 aromatic heterocycles. The Morgan fingerprint density at radius 2 is 1.79 bits per heavy atom. The summed E-state index contributed by atoms with van der Waals surface area (Å²) in [5.41, 5.74) is 3.07. The molecule has 0 spiro atoms. The maximum atomic E-state index is 12.7. The van der Waals surface area contributed by atoms with Crippen LogP contribution in [0.15, 0.2) is 57.9 Å². The number of fused-ring (bicyclic) bond motifs is 3. The molecule has 5 heteroatoms. The first-order valence-corrected chi connectivity index (χ1v) is 9.46. The Bertz CT molecular complexity index is 1270. The average Bonchev–Trinajstić information content (AvgIpc) is 3.06. The SMILES string of the molecule is CCOC(=O)c1c(C)oc2c1c(C=Nc1ccccc1C)c(O)c1ccccc12. The van der Waals surface area contributed by atoms with E-state index in [4.69, 9.17) is 9.15 Å². The number of furan rings is 1. The zero-order valence-corrected chi connectivity index (χ0v) is 16.5. The minimum atomic E-state index is -0.482. The molecule has 5 nitrogen and oxygen atoms in total. The second kappa shape index (κ2) is 7.43. The number of nitrogens with zero attached hydrogens (tertiary/aromatic N) is 1. The van der Waals surface area contributed by atoms with Gasteiger partial charge in [0.15, 0.2) is 0 Å². The van der Waals surface area contributed by atoms with Gasteiger partial charge in [0.05, 0.1) is 12.3 Å². The molecule has 0 atom stereocenters. The number of phenols is 1. The molecule has 0 aliphatic carbocycles. The van der Waals surface area contributed by atoms with E-state index in [9.17, 15) is 9.90 Å². The fraction of sp³-hybridized carbons (Fsp3) is 0.167. The van der Waals surface area contributed by atoms with Gasteiger partial charge in [-0.3, -0.25) is 4.99 Å². The third-order valence-corrected chi connectivity index (χ3v) is 4.96. The van der Waals surface area contributed by atoms with Gasteiger partial charge in [0, 0.05) is 27.9 Å². The number of aryl methyl sites for hydroxylation is 2. The van der Waals surface area contributed by atoms with Gasteiger partial charge >= 0.3 is 5.97 Å². The van der Waals surface area contributed by atoms with Crippen LogP contribution in [-0.4, -0.2) is 23.9 Å². The van der Waals surface area contributed by atoms with Gasteiger partial charge < -0.3 is 14.3 Å². The standard InChI is InChI=1S/C24H21NO4/c1-4-28-24(27)20-15(3)29-23-17-11-7-6-10-16(17)22(26)18(21(20)23)13-25-19-12-8-5-9-14(19)2/h5-13,26H,4H2,1-3H3. The first-order valence-electron chi connectivity index (χ1n) is 9.46. The summed E-state index contributed by atoms with van der Waals surface area (Å²) < 4.78 is 11.2. The van der Waals surface area contributed by atoms with Crippen molar-refractivity contribution in [1.29, 1.82) is 0 Å². The highest BCUT2D eigenvalue weighted by molar-refractivity contribution is 6.21. The van der Waals surface area contributed by atoms with Crippen LogP contribution in [0.3, 0.4) is 0 Å². The monoisotopic (exact) mass is 387 g/mol. The zero-order valence-electron chi connectivity index (χ0n) is 16.5. The van der Waals surface area contributed by atoms with Crippen LogP contribution in [0.5, 0.6) is 5.75 Å². The molecular formula is C24H21NO4. The Morgan fingerprint density at radius 1 is 1.10 bits per heavy atom. The van der Waals surface area contributed by atoms with E-state index in [1.165, 1.54) is 0 Å². The van der Waals surface area contributed by atoms with Crippen LogP contribution >= 0.6 is 0 Å². The van der Waals surface area contributed by atoms with Crippen molar-refractivity contribution in [2.75, 3.05) is 6.61 Å². The molecule has 0 aliphatic heterocycles. The second-order valence-corrected chi connectivity index (χ2v) is 6.81. The lowest BCUT2D eigenvalue weighted by atomic mass is 9.98. The first kappa shape index (κ1) is 18.7. The van der Waals surface area contributed by atoms with Gasteiger partial charge in [-0.2, -0.15) is 0 Å². The molecular weight excluding hydrogens is 366 g/mol. The molecule has 0 amide bonds. The Balaban J connectivity index is 2.06. The van der Waals surface area contributed by atoms with Crippen molar-refractivity contribution in [1.82, 2.24) is 0 Å². The number of aliphatic imine (C=N–C) groups is 1. The quantitative estimate of drug-likeness (QED) is 0.353. The number of ether oxygens (including phenoxy) is 1. The summed E-state index contributed by atoms with van der Waals surface area (Å²) in [4.78, 5) is 17.2. The van der Waals surface area contributed by atoms with E-state index >= 15 is 0 Å². The predicted octanol–water partition coefficient (Wildman–Crippen LogP) is 5.84. The molecule has 146 valence electrons. The average molecular weight is 387 g/mol. The number of esters is 1. The molecule has 4 aromatic rings. The molecule has 3 aromatic carbocycles. The first-order chi connectivity index (χ1) is 14.0. The summed E-state index contributed by atoms with van der Waals surface area (Å²) in [6, 6.07) is 15.1. The maximum absolute atomic E-state index is 12.7. The molecule has 4 rings (SSSR count). The molecule has 0 radical (unpaired) electrons. The molecule has 0 aliphatic rings. The van der Waals surface area contributed by atoms with Crippen LogP contribution < -0.4 is 0 Å². The molecule has 0 saturated carbocycles. The molecule has 29 heavy (non-hydrogen) atoms.